The number of fused-ring (bicyclic) bond motifs is 6. The van der Waals surface area contributed by atoms with Crippen molar-refractivity contribution in [1.82, 2.24) is 4.40 Å². The minimum absolute atomic E-state index is 0.610. The molecule has 2 nitrogen and oxygen atoms in total. The zero-order valence-electron chi connectivity index (χ0n) is 24.1. The van der Waals surface area contributed by atoms with Crippen LogP contribution in [-0.2, 0) is 19.9 Å². The van der Waals surface area contributed by atoms with Crippen LogP contribution in [0.2, 0.25) is 0 Å². The molecule has 1 fully saturated rings. The Labute approximate surface area is 228 Å². The van der Waals surface area contributed by atoms with Gasteiger partial charge in [-0.2, -0.15) is 4.40 Å². The largest absolute Gasteiger partial charge is 0.295 e. The molecule has 0 saturated heterocycles. The number of imidazole rings is 1. The summed E-state index contributed by atoms with van der Waals surface area (Å²) < 4.78 is 4.95. The van der Waals surface area contributed by atoms with Crippen LogP contribution in [0.4, 0.5) is 0 Å². The molecule has 5 aromatic rings. The third-order valence-corrected chi connectivity index (χ3v) is 8.70. The highest BCUT2D eigenvalue weighted by Gasteiger charge is 2.29. The van der Waals surface area contributed by atoms with Crippen molar-refractivity contribution in [3.05, 3.63) is 83.0 Å². The molecule has 0 N–H and O–H groups in total. The average molecular weight is 504 g/mol. The second-order valence-electron chi connectivity index (χ2n) is 12.7. The Morgan fingerprint density at radius 3 is 2.13 bits per heavy atom. The first-order chi connectivity index (χ1) is 18.3. The first-order valence-electron chi connectivity index (χ1n) is 14.8. The lowest BCUT2D eigenvalue weighted by molar-refractivity contribution is -0.643. The zero-order valence-corrected chi connectivity index (χ0v) is 24.1. The number of aromatic nitrogens is 2. The van der Waals surface area contributed by atoms with Gasteiger partial charge < -0.3 is 0 Å². The van der Waals surface area contributed by atoms with Crippen molar-refractivity contribution in [1.29, 1.82) is 0 Å². The smallest absolute Gasteiger partial charge is 0.232 e. The van der Waals surface area contributed by atoms with E-state index in [-0.39, 0.29) is 0 Å². The molecular formula is C36H43N2+. The van der Waals surface area contributed by atoms with E-state index in [0.717, 1.165) is 18.8 Å². The molecule has 0 bridgehead atoms. The van der Waals surface area contributed by atoms with Gasteiger partial charge in [-0.15, -0.1) is 0 Å². The van der Waals surface area contributed by atoms with E-state index in [0.29, 0.717) is 11.8 Å². The van der Waals surface area contributed by atoms with Gasteiger partial charge in [-0.05, 0) is 78.7 Å². The van der Waals surface area contributed by atoms with Crippen LogP contribution < -0.4 is 4.57 Å². The van der Waals surface area contributed by atoms with E-state index in [9.17, 15) is 0 Å². The van der Waals surface area contributed by atoms with Crippen LogP contribution in [0.25, 0.3) is 38.6 Å². The van der Waals surface area contributed by atoms with Crippen molar-refractivity contribution in [2.45, 2.75) is 79.1 Å². The molecule has 38 heavy (non-hydrogen) atoms. The summed E-state index contributed by atoms with van der Waals surface area (Å²) in [5, 5.41) is 4.03. The Kier molecular flexibility index (Phi) is 6.54. The second-order valence-corrected chi connectivity index (χ2v) is 12.7. The van der Waals surface area contributed by atoms with E-state index in [2.05, 4.69) is 111 Å². The van der Waals surface area contributed by atoms with Crippen molar-refractivity contribution in [3.8, 4) is 11.3 Å². The maximum absolute atomic E-state index is 2.60. The molecule has 1 aliphatic carbocycles. The maximum Gasteiger partial charge on any atom is 0.295 e. The molecule has 1 saturated carbocycles. The van der Waals surface area contributed by atoms with E-state index in [1.165, 1.54) is 81.0 Å². The first-order valence-corrected chi connectivity index (χ1v) is 14.8. The lowest BCUT2D eigenvalue weighted by atomic mass is 9.84. The third kappa shape index (κ3) is 4.23. The topological polar surface area (TPSA) is 8.29 Å². The fourth-order valence-electron chi connectivity index (χ4n) is 7.19. The highest BCUT2D eigenvalue weighted by Crippen LogP contribution is 2.41. The lowest BCUT2D eigenvalue weighted by Gasteiger charge is -2.21. The molecule has 2 heterocycles. The number of benzene rings is 3. The van der Waals surface area contributed by atoms with Crippen LogP contribution in [0, 0.1) is 18.8 Å². The maximum atomic E-state index is 2.60. The number of para-hydroxylation sites is 1. The average Bonchev–Trinajstić information content (AvgIpc) is 3.52. The van der Waals surface area contributed by atoms with Crippen LogP contribution in [0.1, 0.15) is 81.5 Å². The van der Waals surface area contributed by atoms with Gasteiger partial charge in [-0.1, -0.05) is 89.1 Å². The fourth-order valence-corrected chi connectivity index (χ4v) is 7.19. The van der Waals surface area contributed by atoms with Crippen LogP contribution in [0.15, 0.2) is 60.8 Å². The van der Waals surface area contributed by atoms with Crippen molar-refractivity contribution in [3.63, 3.8) is 0 Å². The molecule has 0 radical (unpaired) electrons. The molecule has 0 spiro atoms. The molecule has 0 atom stereocenters. The summed E-state index contributed by atoms with van der Waals surface area (Å²) in [5.41, 5.74) is 11.4. The number of nitrogens with zero attached hydrogens (tertiary/aromatic N) is 2. The minimum Gasteiger partial charge on any atom is -0.232 e. The van der Waals surface area contributed by atoms with E-state index in [1.807, 2.05) is 0 Å². The van der Waals surface area contributed by atoms with Gasteiger partial charge in [0.2, 0.25) is 0 Å². The van der Waals surface area contributed by atoms with Crippen LogP contribution >= 0.6 is 0 Å². The number of hydrogen-bond donors (Lipinski definition) is 0. The molecule has 0 unspecified atom stereocenters. The number of hydrogen-bond acceptors (Lipinski definition) is 0. The normalized spacial score (nSPS) is 14.7. The number of pyridine rings is 1. The van der Waals surface area contributed by atoms with Crippen molar-refractivity contribution in [2.75, 3.05) is 0 Å². The summed E-state index contributed by atoms with van der Waals surface area (Å²) in [5.74, 6) is 1.95. The quantitative estimate of drug-likeness (QED) is 0.161. The zero-order chi connectivity index (χ0) is 26.6. The number of rotatable bonds is 6. The summed E-state index contributed by atoms with van der Waals surface area (Å²) in [7, 11) is 2.23. The lowest BCUT2D eigenvalue weighted by Crippen LogP contribution is -2.26. The Balaban J connectivity index is 1.75. The Bertz CT molecular complexity index is 1610. The second kappa shape index (κ2) is 9.88. The molecular weight excluding hydrogens is 460 g/mol. The molecule has 0 aliphatic heterocycles. The highest BCUT2D eigenvalue weighted by atomic mass is 15.1. The summed E-state index contributed by atoms with van der Waals surface area (Å²) in [6.07, 6.45) is 10.1. The van der Waals surface area contributed by atoms with Gasteiger partial charge >= 0.3 is 0 Å². The summed E-state index contributed by atoms with van der Waals surface area (Å²) in [4.78, 5) is 0. The van der Waals surface area contributed by atoms with E-state index in [4.69, 9.17) is 0 Å². The predicted octanol–water partition coefficient (Wildman–Crippen LogP) is 9.10. The van der Waals surface area contributed by atoms with E-state index < -0.39 is 0 Å². The minimum atomic E-state index is 0.610. The first kappa shape index (κ1) is 25.2. The van der Waals surface area contributed by atoms with Crippen LogP contribution in [0.5, 0.6) is 0 Å². The van der Waals surface area contributed by atoms with Crippen LogP contribution in [-0.4, -0.2) is 4.40 Å². The molecule has 2 heteroatoms. The van der Waals surface area contributed by atoms with Gasteiger partial charge in [0.1, 0.15) is 11.7 Å². The van der Waals surface area contributed by atoms with Crippen molar-refractivity contribution < 1.29 is 4.57 Å². The van der Waals surface area contributed by atoms with Crippen molar-refractivity contribution in [2.24, 2.45) is 18.9 Å². The highest BCUT2D eigenvalue weighted by molar-refractivity contribution is 6.12. The van der Waals surface area contributed by atoms with Crippen LogP contribution in [0.3, 0.4) is 0 Å². The molecule has 2 aromatic heterocycles. The predicted molar refractivity (Wildman–Crippen MR) is 162 cm³/mol. The Morgan fingerprint density at radius 2 is 1.47 bits per heavy atom. The fraction of sp³-hybridized carbons (Fsp3) is 0.417. The molecule has 1 aliphatic rings. The summed E-state index contributed by atoms with van der Waals surface area (Å²) >= 11 is 0. The SMILES string of the molecule is Cc1cccc2c3ccccc3n3c(-c4c(CC(C)C)cc(C5CCCC5)cc4CC(C)C)c[n+](C)c3c12. The molecule has 3 aromatic carbocycles. The van der Waals surface area contributed by atoms with Gasteiger partial charge in [0.15, 0.2) is 5.69 Å². The summed E-state index contributed by atoms with van der Waals surface area (Å²) in [6.45, 7) is 11.7. The standard InChI is InChI=1S/C36H43N2/c1-23(2)18-28-20-27(26-13-7-8-14-26)21-29(19-24(3)4)35(28)33-22-37(6)36-34-25(5)12-11-16-31(34)30-15-9-10-17-32(30)38(33)36/h9-12,15-17,20-24,26H,7-8,13-14,18-19H2,1-6H3/q+1. The van der Waals surface area contributed by atoms with Gasteiger partial charge in [0.25, 0.3) is 5.65 Å². The van der Waals surface area contributed by atoms with Gasteiger partial charge in [-0.3, -0.25) is 0 Å². The van der Waals surface area contributed by atoms with E-state index >= 15 is 0 Å². The summed E-state index contributed by atoms with van der Waals surface area (Å²) in [6, 6.07) is 20.9. The van der Waals surface area contributed by atoms with Gasteiger partial charge in [0.05, 0.1) is 12.4 Å². The van der Waals surface area contributed by atoms with Gasteiger partial charge in [0, 0.05) is 16.3 Å². The van der Waals surface area contributed by atoms with E-state index in [1.54, 1.807) is 5.56 Å². The molecule has 0 amide bonds. The Morgan fingerprint density at radius 1 is 0.842 bits per heavy atom. The number of aryl methyl sites for hydroxylation is 2. The molecule has 196 valence electrons. The Hall–Kier alpha value is -3.13. The van der Waals surface area contributed by atoms with Crippen molar-refractivity contribution >= 4 is 27.3 Å². The van der Waals surface area contributed by atoms with Gasteiger partial charge in [-0.25, -0.2) is 4.57 Å². The molecule has 6 rings (SSSR count). The monoisotopic (exact) mass is 503 g/mol. The third-order valence-electron chi connectivity index (χ3n) is 8.70.